The van der Waals surface area contributed by atoms with Gasteiger partial charge >= 0.3 is 0 Å². The van der Waals surface area contributed by atoms with Crippen LogP contribution in [-0.4, -0.2) is 21.8 Å². The number of oxime groups is 1. The van der Waals surface area contributed by atoms with Gasteiger partial charge in [0.15, 0.2) is 0 Å². The molecule has 0 bridgehead atoms. The number of nitrogens with zero attached hydrogens (tertiary/aromatic N) is 2. The number of hydrogen-bond donors (Lipinski definition) is 2. The summed E-state index contributed by atoms with van der Waals surface area (Å²) in [4.78, 5) is 16.1. The van der Waals surface area contributed by atoms with Gasteiger partial charge in [0.2, 0.25) is 0 Å². The lowest BCUT2D eigenvalue weighted by Gasteiger charge is -2.11. The Labute approximate surface area is 139 Å². The van der Waals surface area contributed by atoms with Crippen molar-refractivity contribution in [2.24, 2.45) is 5.16 Å². The number of fused-ring (bicyclic) bond motifs is 1. The number of carbonyl (C=O) groups is 1. The van der Waals surface area contributed by atoms with Crippen molar-refractivity contribution in [3.63, 3.8) is 0 Å². The van der Waals surface area contributed by atoms with Gasteiger partial charge in [0.1, 0.15) is 5.82 Å². The zero-order valence-corrected chi connectivity index (χ0v) is 13.3. The molecule has 2 N–H and O–H groups in total. The van der Waals surface area contributed by atoms with E-state index in [1.165, 1.54) is 6.20 Å². The standard InChI is InChI=1S/C18H18FN3O2/c1-11-15(9-20-10-16(11)19)18(23)21-13-6-7-14-12(8-13)4-2-3-5-17(14)22-24/h6-10,24H,2-5H2,1H3,(H,21,23)/b22-17+. The molecule has 6 heteroatoms. The van der Waals surface area contributed by atoms with Crippen LogP contribution in [0.3, 0.4) is 0 Å². The van der Waals surface area contributed by atoms with Gasteiger partial charge in [0.25, 0.3) is 5.91 Å². The minimum Gasteiger partial charge on any atom is -0.411 e. The van der Waals surface area contributed by atoms with E-state index >= 15 is 0 Å². The summed E-state index contributed by atoms with van der Waals surface area (Å²) in [5, 5.41) is 15.3. The van der Waals surface area contributed by atoms with Crippen LogP contribution in [0.15, 0.2) is 35.7 Å². The monoisotopic (exact) mass is 327 g/mol. The summed E-state index contributed by atoms with van der Waals surface area (Å²) in [5.41, 5.74) is 3.73. The maximum Gasteiger partial charge on any atom is 0.257 e. The van der Waals surface area contributed by atoms with E-state index < -0.39 is 11.7 Å². The molecule has 1 aromatic carbocycles. The number of rotatable bonds is 2. The van der Waals surface area contributed by atoms with Crippen LogP contribution in [0.4, 0.5) is 10.1 Å². The quantitative estimate of drug-likeness (QED) is 0.502. The number of hydrogen-bond acceptors (Lipinski definition) is 4. The fourth-order valence-electron chi connectivity index (χ4n) is 2.93. The number of aromatic nitrogens is 1. The second kappa shape index (κ2) is 6.78. The van der Waals surface area contributed by atoms with Crippen molar-refractivity contribution in [2.45, 2.75) is 32.6 Å². The Kier molecular flexibility index (Phi) is 4.55. The van der Waals surface area contributed by atoms with Gasteiger partial charge in [-0.1, -0.05) is 11.2 Å². The average molecular weight is 327 g/mol. The predicted molar refractivity (Wildman–Crippen MR) is 89.2 cm³/mol. The van der Waals surface area contributed by atoms with E-state index in [4.69, 9.17) is 5.21 Å². The summed E-state index contributed by atoms with van der Waals surface area (Å²) >= 11 is 0. The van der Waals surface area contributed by atoms with Crippen LogP contribution in [0.5, 0.6) is 0 Å². The largest absolute Gasteiger partial charge is 0.411 e. The Bertz CT molecular complexity index is 818. The Morgan fingerprint density at radius 1 is 1.29 bits per heavy atom. The SMILES string of the molecule is Cc1c(F)cncc1C(=O)Nc1ccc2c(c1)CCCC/C2=N\O. The van der Waals surface area contributed by atoms with Crippen LogP contribution in [0.25, 0.3) is 0 Å². The van der Waals surface area contributed by atoms with Crippen molar-refractivity contribution in [3.05, 3.63) is 58.7 Å². The van der Waals surface area contributed by atoms with Crippen LogP contribution < -0.4 is 5.32 Å². The van der Waals surface area contributed by atoms with Crippen molar-refractivity contribution < 1.29 is 14.4 Å². The molecule has 0 saturated heterocycles. The van der Waals surface area contributed by atoms with Gasteiger partial charge < -0.3 is 10.5 Å². The number of halogens is 1. The summed E-state index contributed by atoms with van der Waals surface area (Å²) in [6, 6.07) is 5.49. The lowest BCUT2D eigenvalue weighted by Crippen LogP contribution is -2.15. The third kappa shape index (κ3) is 3.13. The molecule has 0 atom stereocenters. The number of pyridine rings is 1. The van der Waals surface area contributed by atoms with Crippen molar-refractivity contribution in [1.82, 2.24) is 4.98 Å². The van der Waals surface area contributed by atoms with E-state index in [0.717, 1.165) is 43.0 Å². The van der Waals surface area contributed by atoms with Crippen molar-refractivity contribution in [3.8, 4) is 0 Å². The molecule has 1 heterocycles. The maximum atomic E-state index is 13.6. The number of amides is 1. The molecule has 0 spiro atoms. The lowest BCUT2D eigenvalue weighted by molar-refractivity contribution is 0.102. The van der Waals surface area contributed by atoms with E-state index in [9.17, 15) is 9.18 Å². The molecule has 2 aromatic rings. The first-order valence-corrected chi connectivity index (χ1v) is 7.86. The minimum absolute atomic E-state index is 0.211. The Balaban J connectivity index is 1.87. The van der Waals surface area contributed by atoms with Gasteiger partial charge in [-0.15, -0.1) is 0 Å². The number of aryl methyl sites for hydroxylation is 1. The maximum absolute atomic E-state index is 13.6. The normalized spacial score (nSPS) is 15.7. The highest BCUT2D eigenvalue weighted by Crippen LogP contribution is 2.25. The fourth-order valence-corrected chi connectivity index (χ4v) is 2.93. The number of anilines is 1. The minimum atomic E-state index is -0.506. The second-order valence-corrected chi connectivity index (χ2v) is 5.87. The van der Waals surface area contributed by atoms with Gasteiger partial charge in [0.05, 0.1) is 17.5 Å². The average Bonchev–Trinajstić information content (AvgIpc) is 2.78. The molecule has 1 amide bonds. The van der Waals surface area contributed by atoms with Gasteiger partial charge in [-0.05, 0) is 50.3 Å². The van der Waals surface area contributed by atoms with Gasteiger partial charge in [-0.2, -0.15) is 0 Å². The highest BCUT2D eigenvalue weighted by molar-refractivity contribution is 6.06. The number of carbonyl (C=O) groups excluding carboxylic acids is 1. The number of nitrogens with one attached hydrogen (secondary N) is 1. The summed E-state index contributed by atoms with van der Waals surface area (Å²) in [7, 11) is 0. The van der Waals surface area contributed by atoms with Crippen molar-refractivity contribution in [2.75, 3.05) is 5.32 Å². The molecule has 1 aliphatic rings. The van der Waals surface area contributed by atoms with Crippen LogP contribution >= 0.6 is 0 Å². The third-order valence-electron chi connectivity index (χ3n) is 4.30. The molecule has 0 saturated carbocycles. The van der Waals surface area contributed by atoms with E-state index in [2.05, 4.69) is 15.5 Å². The molecule has 24 heavy (non-hydrogen) atoms. The molecule has 3 rings (SSSR count). The van der Waals surface area contributed by atoms with Gasteiger partial charge in [0, 0.05) is 23.0 Å². The molecular formula is C18H18FN3O2. The zero-order chi connectivity index (χ0) is 17.1. The molecule has 0 aliphatic heterocycles. The molecule has 0 unspecified atom stereocenters. The summed E-state index contributed by atoms with van der Waals surface area (Å²) < 4.78 is 13.6. The Hall–Kier alpha value is -2.76. The molecule has 5 nitrogen and oxygen atoms in total. The van der Waals surface area contributed by atoms with Crippen molar-refractivity contribution in [1.29, 1.82) is 0 Å². The number of benzene rings is 1. The Morgan fingerprint density at radius 2 is 2.08 bits per heavy atom. The summed E-state index contributed by atoms with van der Waals surface area (Å²) in [6.07, 6.45) is 6.00. The van der Waals surface area contributed by atoms with E-state index in [1.807, 2.05) is 12.1 Å². The van der Waals surface area contributed by atoms with Crippen LogP contribution in [0.1, 0.15) is 46.3 Å². The lowest BCUT2D eigenvalue weighted by atomic mass is 10.0. The first-order chi connectivity index (χ1) is 11.6. The van der Waals surface area contributed by atoms with E-state index in [-0.39, 0.29) is 11.1 Å². The third-order valence-corrected chi connectivity index (χ3v) is 4.30. The van der Waals surface area contributed by atoms with E-state index in [1.54, 1.807) is 13.0 Å². The van der Waals surface area contributed by atoms with Gasteiger partial charge in [-0.3, -0.25) is 9.78 Å². The predicted octanol–water partition coefficient (Wildman–Crippen LogP) is 3.69. The smallest absolute Gasteiger partial charge is 0.257 e. The van der Waals surface area contributed by atoms with Crippen LogP contribution in [0.2, 0.25) is 0 Å². The molecule has 0 radical (unpaired) electrons. The topological polar surface area (TPSA) is 74.6 Å². The van der Waals surface area contributed by atoms with Gasteiger partial charge in [-0.25, -0.2) is 4.39 Å². The summed E-state index contributed by atoms with van der Waals surface area (Å²) in [6.45, 7) is 1.55. The Morgan fingerprint density at radius 3 is 2.88 bits per heavy atom. The molecular weight excluding hydrogens is 309 g/mol. The van der Waals surface area contributed by atoms with Crippen LogP contribution in [-0.2, 0) is 6.42 Å². The second-order valence-electron chi connectivity index (χ2n) is 5.87. The molecule has 0 fully saturated rings. The zero-order valence-electron chi connectivity index (χ0n) is 13.3. The highest BCUT2D eigenvalue weighted by atomic mass is 19.1. The highest BCUT2D eigenvalue weighted by Gasteiger charge is 2.17. The fraction of sp³-hybridized carbons (Fsp3) is 0.278. The summed E-state index contributed by atoms with van der Waals surface area (Å²) in [5.74, 6) is -0.905. The van der Waals surface area contributed by atoms with Crippen LogP contribution in [0, 0.1) is 12.7 Å². The van der Waals surface area contributed by atoms with E-state index in [0.29, 0.717) is 11.4 Å². The van der Waals surface area contributed by atoms with Crippen molar-refractivity contribution >= 4 is 17.3 Å². The first-order valence-electron chi connectivity index (χ1n) is 7.86. The first kappa shape index (κ1) is 16.1. The molecule has 124 valence electrons. The molecule has 1 aliphatic carbocycles. The molecule has 1 aromatic heterocycles.